The molecule has 0 aromatic heterocycles. The Morgan fingerprint density at radius 1 is 1.17 bits per heavy atom. The van der Waals surface area contributed by atoms with Crippen molar-refractivity contribution >= 4 is 27.5 Å². The van der Waals surface area contributed by atoms with Gasteiger partial charge in [0.15, 0.2) is 0 Å². The highest BCUT2D eigenvalue weighted by molar-refractivity contribution is 9.09. The zero-order chi connectivity index (χ0) is 13.1. The fourth-order valence-corrected chi connectivity index (χ4v) is 2.51. The molecule has 0 aliphatic heterocycles. The van der Waals surface area contributed by atoms with Crippen molar-refractivity contribution < 1.29 is 9.13 Å². The number of hydrogen-bond acceptors (Lipinski definition) is 1. The highest BCUT2D eigenvalue weighted by atomic mass is 79.9. The van der Waals surface area contributed by atoms with Gasteiger partial charge in [0.1, 0.15) is 11.6 Å². The van der Waals surface area contributed by atoms with E-state index in [9.17, 15) is 4.39 Å². The molecule has 1 unspecified atom stereocenters. The van der Waals surface area contributed by atoms with Crippen molar-refractivity contribution in [1.82, 2.24) is 0 Å². The van der Waals surface area contributed by atoms with Crippen molar-refractivity contribution in [2.75, 3.05) is 7.11 Å². The Morgan fingerprint density at radius 2 is 1.83 bits per heavy atom. The molecule has 0 amide bonds. The van der Waals surface area contributed by atoms with E-state index >= 15 is 0 Å². The standard InChI is InChI=1S/C14H11BrClFO/c1-18-10-7-5-9(6-8-10)13(15)11-3-2-4-12(16)14(11)17/h2-8,13H,1H3. The van der Waals surface area contributed by atoms with Gasteiger partial charge in [0.2, 0.25) is 0 Å². The summed E-state index contributed by atoms with van der Waals surface area (Å²) in [5.41, 5.74) is 1.46. The summed E-state index contributed by atoms with van der Waals surface area (Å²) >= 11 is 9.26. The van der Waals surface area contributed by atoms with Gasteiger partial charge in [0.05, 0.1) is 17.0 Å². The number of ether oxygens (including phenoxy) is 1. The summed E-state index contributed by atoms with van der Waals surface area (Å²) in [4.78, 5) is -0.234. The summed E-state index contributed by atoms with van der Waals surface area (Å²) in [5, 5.41) is 0.130. The molecule has 18 heavy (non-hydrogen) atoms. The molecule has 0 radical (unpaired) electrons. The third-order valence-corrected chi connectivity index (χ3v) is 3.98. The van der Waals surface area contributed by atoms with Crippen LogP contribution in [0.15, 0.2) is 42.5 Å². The summed E-state index contributed by atoms with van der Waals surface area (Å²) in [6.45, 7) is 0. The molecule has 4 heteroatoms. The molecule has 0 saturated heterocycles. The van der Waals surface area contributed by atoms with E-state index in [-0.39, 0.29) is 9.85 Å². The quantitative estimate of drug-likeness (QED) is 0.722. The van der Waals surface area contributed by atoms with E-state index in [1.54, 1.807) is 19.2 Å². The zero-order valence-corrected chi connectivity index (χ0v) is 12.0. The van der Waals surface area contributed by atoms with Crippen molar-refractivity contribution in [2.24, 2.45) is 0 Å². The first-order valence-electron chi connectivity index (χ1n) is 5.35. The lowest BCUT2D eigenvalue weighted by atomic mass is 10.0. The fraction of sp³-hybridized carbons (Fsp3) is 0.143. The monoisotopic (exact) mass is 328 g/mol. The van der Waals surface area contributed by atoms with Crippen molar-refractivity contribution in [1.29, 1.82) is 0 Å². The van der Waals surface area contributed by atoms with Gasteiger partial charge in [-0.05, 0) is 23.8 Å². The van der Waals surface area contributed by atoms with Crippen molar-refractivity contribution in [3.8, 4) is 5.75 Å². The van der Waals surface area contributed by atoms with E-state index in [1.807, 2.05) is 24.3 Å². The summed E-state index contributed by atoms with van der Waals surface area (Å²) in [5.74, 6) is 0.377. The lowest BCUT2D eigenvalue weighted by molar-refractivity contribution is 0.414. The van der Waals surface area contributed by atoms with Gasteiger partial charge in [-0.2, -0.15) is 0 Å². The van der Waals surface area contributed by atoms with Crippen LogP contribution in [-0.2, 0) is 0 Å². The average Bonchev–Trinajstić information content (AvgIpc) is 2.41. The summed E-state index contributed by atoms with van der Waals surface area (Å²) in [7, 11) is 1.61. The zero-order valence-electron chi connectivity index (χ0n) is 9.66. The summed E-state index contributed by atoms with van der Waals surface area (Å²) in [6, 6.07) is 12.4. The van der Waals surface area contributed by atoms with Gasteiger partial charge >= 0.3 is 0 Å². The van der Waals surface area contributed by atoms with Crippen LogP contribution in [-0.4, -0.2) is 7.11 Å². The third kappa shape index (κ3) is 2.68. The second-order valence-electron chi connectivity index (χ2n) is 3.78. The van der Waals surface area contributed by atoms with Crippen LogP contribution in [0.4, 0.5) is 4.39 Å². The van der Waals surface area contributed by atoms with Gasteiger partial charge < -0.3 is 4.74 Å². The smallest absolute Gasteiger partial charge is 0.146 e. The minimum absolute atomic E-state index is 0.130. The Morgan fingerprint density at radius 3 is 2.44 bits per heavy atom. The van der Waals surface area contributed by atoms with Crippen LogP contribution in [0.2, 0.25) is 5.02 Å². The van der Waals surface area contributed by atoms with E-state index in [2.05, 4.69) is 15.9 Å². The number of methoxy groups -OCH3 is 1. The van der Waals surface area contributed by atoms with Crippen molar-refractivity contribution in [3.05, 3.63) is 64.4 Å². The maximum Gasteiger partial charge on any atom is 0.146 e. The molecule has 0 fully saturated rings. The van der Waals surface area contributed by atoms with Gasteiger partial charge in [0, 0.05) is 5.56 Å². The number of hydrogen-bond donors (Lipinski definition) is 0. The molecule has 2 aromatic rings. The van der Waals surface area contributed by atoms with E-state index in [0.717, 1.165) is 11.3 Å². The molecule has 0 aliphatic rings. The van der Waals surface area contributed by atoms with Gasteiger partial charge in [0.25, 0.3) is 0 Å². The lowest BCUT2D eigenvalue weighted by Crippen LogP contribution is -1.97. The Kier molecular flexibility index (Phi) is 4.25. The predicted octanol–water partition coefficient (Wildman–Crippen LogP) is 4.97. The van der Waals surface area contributed by atoms with E-state index < -0.39 is 5.82 Å². The van der Waals surface area contributed by atoms with Crippen molar-refractivity contribution in [3.63, 3.8) is 0 Å². The predicted molar refractivity (Wildman–Crippen MR) is 75.2 cm³/mol. The molecular formula is C14H11BrClFO. The average molecular weight is 330 g/mol. The van der Waals surface area contributed by atoms with Crippen LogP contribution in [0.3, 0.4) is 0 Å². The third-order valence-electron chi connectivity index (χ3n) is 2.66. The maximum atomic E-state index is 13.9. The van der Waals surface area contributed by atoms with Gasteiger partial charge in [-0.1, -0.05) is 51.8 Å². The van der Waals surface area contributed by atoms with Crippen molar-refractivity contribution in [2.45, 2.75) is 4.83 Å². The van der Waals surface area contributed by atoms with Crippen LogP contribution >= 0.6 is 27.5 Å². The van der Waals surface area contributed by atoms with Gasteiger partial charge in [-0.15, -0.1) is 0 Å². The molecule has 0 saturated carbocycles. The van der Waals surface area contributed by atoms with E-state index in [0.29, 0.717) is 5.56 Å². The molecule has 0 aliphatic carbocycles. The number of halogens is 3. The molecule has 2 rings (SSSR count). The normalized spacial score (nSPS) is 12.2. The van der Waals surface area contributed by atoms with E-state index in [1.165, 1.54) is 6.07 Å². The minimum Gasteiger partial charge on any atom is -0.497 e. The molecule has 0 spiro atoms. The molecule has 1 nitrogen and oxygen atoms in total. The molecule has 0 bridgehead atoms. The molecular weight excluding hydrogens is 319 g/mol. The first-order chi connectivity index (χ1) is 8.63. The highest BCUT2D eigenvalue weighted by Crippen LogP contribution is 2.35. The maximum absolute atomic E-state index is 13.9. The minimum atomic E-state index is -0.392. The topological polar surface area (TPSA) is 9.23 Å². The van der Waals surface area contributed by atoms with Crippen LogP contribution in [0.25, 0.3) is 0 Å². The fourth-order valence-electron chi connectivity index (χ4n) is 1.67. The Labute approximate surface area is 119 Å². The Balaban J connectivity index is 2.35. The molecule has 2 aromatic carbocycles. The Bertz CT molecular complexity index is 542. The van der Waals surface area contributed by atoms with Crippen LogP contribution in [0.1, 0.15) is 16.0 Å². The highest BCUT2D eigenvalue weighted by Gasteiger charge is 2.16. The molecule has 0 N–H and O–H groups in total. The van der Waals surface area contributed by atoms with Crippen LogP contribution < -0.4 is 4.74 Å². The number of benzene rings is 2. The molecule has 0 heterocycles. The summed E-state index contributed by atoms with van der Waals surface area (Å²) in [6.07, 6.45) is 0. The number of rotatable bonds is 3. The second-order valence-corrected chi connectivity index (χ2v) is 5.10. The van der Waals surface area contributed by atoms with Gasteiger partial charge in [-0.3, -0.25) is 0 Å². The van der Waals surface area contributed by atoms with Crippen LogP contribution in [0, 0.1) is 5.82 Å². The largest absolute Gasteiger partial charge is 0.497 e. The second kappa shape index (κ2) is 5.72. The lowest BCUT2D eigenvalue weighted by Gasteiger charge is -2.13. The van der Waals surface area contributed by atoms with Gasteiger partial charge in [-0.25, -0.2) is 4.39 Å². The Hall–Kier alpha value is -1.06. The first kappa shape index (κ1) is 13.4. The molecule has 1 atom stereocenters. The SMILES string of the molecule is COc1ccc(C(Br)c2cccc(Cl)c2F)cc1. The molecule has 94 valence electrons. The van der Waals surface area contributed by atoms with Crippen LogP contribution in [0.5, 0.6) is 5.75 Å². The number of alkyl halides is 1. The first-order valence-corrected chi connectivity index (χ1v) is 6.64. The van der Waals surface area contributed by atoms with E-state index in [4.69, 9.17) is 16.3 Å². The summed E-state index contributed by atoms with van der Waals surface area (Å²) < 4.78 is 19.0.